The Kier molecular flexibility index (Phi) is 5.54. The number of hydrogen-bond acceptors (Lipinski definition) is 8. The molecule has 5 aliphatic rings. The summed E-state index contributed by atoms with van der Waals surface area (Å²) < 4.78 is 53.1. The molecule has 4 saturated carbocycles. The molecule has 0 aromatic rings. The second kappa shape index (κ2) is 9.58. The Hall–Kier alpha value is -1.10. The van der Waals surface area contributed by atoms with Crippen molar-refractivity contribution in [2.45, 2.75) is 108 Å². The van der Waals surface area contributed by atoms with Crippen LogP contribution in [0.3, 0.4) is 0 Å². The molecule has 36 heavy (non-hydrogen) atoms. The number of hydrogen-bond donors (Lipinski definition) is 5. The van der Waals surface area contributed by atoms with Crippen molar-refractivity contribution in [1.82, 2.24) is 0 Å². The first-order valence-electron chi connectivity index (χ1n) is 15.6. The maximum atomic E-state index is 13.5. The number of ketones is 1. The normalized spacial score (nSPS) is 59.6. The highest BCUT2D eigenvalue weighted by molar-refractivity contribution is 5.83. The summed E-state index contributed by atoms with van der Waals surface area (Å²) in [5.74, 6) is -2.57. The summed E-state index contributed by atoms with van der Waals surface area (Å²) in [6.45, 7) is 3.52. The molecule has 0 unspecified atom stereocenters. The summed E-state index contributed by atoms with van der Waals surface area (Å²) >= 11 is 0. The van der Waals surface area contributed by atoms with Crippen LogP contribution in [0.25, 0.3) is 0 Å². The van der Waals surface area contributed by atoms with E-state index in [0.29, 0.717) is 32.1 Å². The summed E-state index contributed by atoms with van der Waals surface area (Å²) in [7, 11) is 0. The molecule has 0 amide bonds. The van der Waals surface area contributed by atoms with Crippen LogP contribution in [0.2, 0.25) is 0 Å². The van der Waals surface area contributed by atoms with Crippen LogP contribution in [0.15, 0.2) is 0 Å². The number of carbonyl (C=O) groups excluding carboxylic acids is 1. The molecule has 4 aliphatic carbocycles. The van der Waals surface area contributed by atoms with Crippen LogP contribution in [-0.2, 0) is 19.1 Å². The first kappa shape index (κ1) is 20.8. The van der Waals surface area contributed by atoms with Gasteiger partial charge in [0, 0.05) is 11.4 Å². The van der Waals surface area contributed by atoms with Gasteiger partial charge in [-0.2, -0.15) is 0 Å². The topological polar surface area (TPSA) is 154 Å². The summed E-state index contributed by atoms with van der Waals surface area (Å²) in [6.07, 6.45) is -12.9. The third-order valence-corrected chi connectivity index (χ3v) is 10.4. The Balaban J connectivity index is 1.30. The van der Waals surface area contributed by atoms with Gasteiger partial charge >= 0.3 is 5.97 Å². The van der Waals surface area contributed by atoms with E-state index in [0.717, 1.165) is 6.42 Å². The van der Waals surface area contributed by atoms with Gasteiger partial charge in [-0.1, -0.05) is 13.8 Å². The fourth-order valence-electron chi connectivity index (χ4n) is 8.42. The Morgan fingerprint density at radius 1 is 0.972 bits per heavy atom. The van der Waals surface area contributed by atoms with Crippen molar-refractivity contribution < 1.29 is 51.4 Å². The van der Waals surface area contributed by atoms with Gasteiger partial charge in [-0.15, -0.1) is 0 Å². The number of aliphatic hydroxyl groups is 4. The molecule has 13 atom stereocenters. The van der Waals surface area contributed by atoms with Gasteiger partial charge < -0.3 is 35.0 Å². The summed E-state index contributed by atoms with van der Waals surface area (Å²) in [6, 6.07) is 0. The molecular formula is C27H42O9. The fourth-order valence-corrected chi connectivity index (χ4v) is 8.42. The van der Waals surface area contributed by atoms with Crippen LogP contribution in [-0.4, -0.2) is 80.7 Å². The predicted octanol–water partition coefficient (Wildman–Crippen LogP) is 1.48. The number of Topliss-reactive ketones (excluding diaryl/α,β-unsaturated/α-hetero) is 1. The number of rotatable bonds is 5. The standard InChI is InChI=1S/C27H42O9/c1-26-9-7-14(28)11-13(26)3-4-15-16-5-6-18(27(16,2)10-8-17(15)26)19(29)12-35-25-22(32)20(30)21(31)23(36-25)24(33)34/h13-18,20-23,25,28,30-32H,3-12H2,1-2H3,(H,33,34)/t13-,14-,15+,16+,17+,18-,20+,21+,22-,23+,25-,26+,27+/m1/s1/i7D2,11D2,14D. The quantitative estimate of drug-likeness (QED) is 0.366. The zero-order chi connectivity index (χ0) is 30.5. The van der Waals surface area contributed by atoms with Crippen LogP contribution >= 0.6 is 0 Å². The SMILES string of the molecule is [2H]C1([2H])C[C@@]2(C)[C@H](CC[C@@H]3[C@@H]2CC[C@]2(C)[C@@H](C(=O)CO[C@@H]4O[C@H](C(=O)O)[C@@H](O)[C@H](O)[C@H]4O)CC[C@@H]32)C([2H])([2H])[C@]1([2H])O. The van der Waals surface area contributed by atoms with E-state index in [-0.39, 0.29) is 41.3 Å². The molecule has 5 rings (SSSR count). The largest absolute Gasteiger partial charge is 0.479 e. The third kappa shape index (κ3) is 4.14. The molecule has 1 saturated heterocycles. The maximum absolute atomic E-state index is 13.5. The van der Waals surface area contributed by atoms with Crippen molar-refractivity contribution in [2.24, 2.45) is 40.4 Å². The minimum Gasteiger partial charge on any atom is -0.479 e. The van der Waals surface area contributed by atoms with Gasteiger partial charge in [0.1, 0.15) is 24.9 Å². The van der Waals surface area contributed by atoms with E-state index in [4.69, 9.17) is 16.3 Å². The molecule has 1 aliphatic heterocycles. The van der Waals surface area contributed by atoms with E-state index in [1.807, 2.05) is 6.92 Å². The fraction of sp³-hybridized carbons (Fsp3) is 0.926. The number of carboxylic acids is 1. The molecule has 0 aromatic heterocycles. The monoisotopic (exact) mass is 515 g/mol. The molecule has 1 heterocycles. The van der Waals surface area contributed by atoms with Crippen molar-refractivity contribution >= 4 is 11.8 Å². The third-order valence-electron chi connectivity index (χ3n) is 10.4. The van der Waals surface area contributed by atoms with E-state index in [1.165, 1.54) is 0 Å². The van der Waals surface area contributed by atoms with E-state index in [1.54, 1.807) is 0 Å². The van der Waals surface area contributed by atoms with Crippen LogP contribution in [0.4, 0.5) is 0 Å². The van der Waals surface area contributed by atoms with Crippen molar-refractivity contribution in [3.05, 3.63) is 0 Å². The number of aliphatic carboxylic acids is 1. The Bertz CT molecular complexity index is 1070. The first-order chi connectivity index (χ1) is 18.8. The zero-order valence-electron chi connectivity index (χ0n) is 25.8. The predicted molar refractivity (Wildman–Crippen MR) is 127 cm³/mol. The number of aliphatic hydroxyl groups excluding tert-OH is 3. The Morgan fingerprint density at radius 3 is 2.42 bits per heavy atom. The van der Waals surface area contributed by atoms with Gasteiger partial charge in [-0.05, 0) is 92.2 Å². The molecule has 9 heteroatoms. The van der Waals surface area contributed by atoms with Crippen LogP contribution in [0.5, 0.6) is 0 Å². The molecule has 0 spiro atoms. The van der Waals surface area contributed by atoms with Gasteiger partial charge in [0.25, 0.3) is 0 Å². The highest BCUT2D eigenvalue weighted by Gasteiger charge is 2.61. The lowest BCUT2D eigenvalue weighted by Crippen LogP contribution is -2.60. The highest BCUT2D eigenvalue weighted by Crippen LogP contribution is 2.67. The summed E-state index contributed by atoms with van der Waals surface area (Å²) in [5, 5.41) is 50.1. The second-order valence-corrected chi connectivity index (χ2v) is 12.0. The smallest absolute Gasteiger partial charge is 0.335 e. The molecule has 5 N–H and O–H groups in total. The van der Waals surface area contributed by atoms with Crippen molar-refractivity contribution in [3.8, 4) is 0 Å². The van der Waals surface area contributed by atoms with Gasteiger partial charge in [-0.3, -0.25) is 4.79 Å². The van der Waals surface area contributed by atoms with Crippen molar-refractivity contribution in [2.75, 3.05) is 6.61 Å². The average molecular weight is 516 g/mol. The van der Waals surface area contributed by atoms with E-state index >= 15 is 0 Å². The molecule has 204 valence electrons. The van der Waals surface area contributed by atoms with Crippen molar-refractivity contribution in [1.29, 1.82) is 0 Å². The van der Waals surface area contributed by atoms with Gasteiger partial charge in [0.2, 0.25) is 0 Å². The average Bonchev–Trinajstić information content (AvgIpc) is 3.22. The number of ether oxygens (including phenoxy) is 2. The number of carboxylic acid groups (broad SMARTS) is 1. The lowest BCUT2D eigenvalue weighted by Gasteiger charge is -2.60. The highest BCUT2D eigenvalue weighted by atomic mass is 16.7. The molecule has 0 radical (unpaired) electrons. The Morgan fingerprint density at radius 2 is 1.69 bits per heavy atom. The molecule has 0 bridgehead atoms. The zero-order valence-corrected chi connectivity index (χ0v) is 20.8. The van der Waals surface area contributed by atoms with E-state index in [2.05, 4.69) is 6.92 Å². The molecular weight excluding hydrogens is 468 g/mol. The van der Waals surface area contributed by atoms with E-state index in [9.17, 15) is 35.1 Å². The van der Waals surface area contributed by atoms with Gasteiger partial charge in [0.15, 0.2) is 18.2 Å². The second-order valence-electron chi connectivity index (χ2n) is 12.0. The van der Waals surface area contributed by atoms with Gasteiger partial charge in [0.05, 0.1) is 7.45 Å². The minimum atomic E-state index is -2.85. The number of carbonyl (C=O) groups is 2. The van der Waals surface area contributed by atoms with Crippen LogP contribution < -0.4 is 0 Å². The Labute approximate surface area is 219 Å². The minimum absolute atomic E-state index is 0.0164. The molecule has 5 fully saturated rings. The van der Waals surface area contributed by atoms with E-state index < -0.39 is 73.4 Å². The summed E-state index contributed by atoms with van der Waals surface area (Å²) in [5.41, 5.74) is -1.14. The lowest BCUT2D eigenvalue weighted by atomic mass is 9.44. The number of fused-ring (bicyclic) bond motifs is 5. The maximum Gasteiger partial charge on any atom is 0.335 e. The molecule has 9 nitrogen and oxygen atoms in total. The summed E-state index contributed by atoms with van der Waals surface area (Å²) in [4.78, 5) is 24.8. The van der Waals surface area contributed by atoms with Crippen LogP contribution in [0, 0.1) is 40.4 Å². The van der Waals surface area contributed by atoms with Gasteiger partial charge in [-0.25, -0.2) is 4.79 Å². The van der Waals surface area contributed by atoms with Crippen LogP contribution in [0.1, 0.15) is 78.4 Å². The molecule has 0 aromatic carbocycles. The van der Waals surface area contributed by atoms with Crippen molar-refractivity contribution in [3.63, 3.8) is 0 Å². The lowest BCUT2D eigenvalue weighted by molar-refractivity contribution is -0.292. The first-order valence-corrected chi connectivity index (χ1v) is 13.1.